The summed E-state index contributed by atoms with van der Waals surface area (Å²) in [5, 5.41) is 3.31. The lowest BCUT2D eigenvalue weighted by molar-refractivity contribution is -0.144. The number of anilines is 2. The Labute approximate surface area is 254 Å². The molecule has 2 fully saturated rings. The molecule has 4 aromatic rings. The summed E-state index contributed by atoms with van der Waals surface area (Å²) in [6, 6.07) is 10.3. The van der Waals surface area contributed by atoms with Crippen molar-refractivity contribution in [3.8, 4) is 17.0 Å². The van der Waals surface area contributed by atoms with Crippen LogP contribution >= 0.6 is 0 Å². The van der Waals surface area contributed by atoms with E-state index in [-0.39, 0.29) is 29.6 Å². The van der Waals surface area contributed by atoms with Crippen LogP contribution in [0.5, 0.6) is 5.75 Å². The highest BCUT2D eigenvalue weighted by atomic mass is 19.1. The molecule has 1 atom stereocenters. The third-order valence-electron chi connectivity index (χ3n) is 8.44. The van der Waals surface area contributed by atoms with E-state index in [4.69, 9.17) is 15.2 Å². The number of aryl methyl sites for hydroxylation is 1. The first-order valence-corrected chi connectivity index (χ1v) is 14.8. The van der Waals surface area contributed by atoms with Crippen LogP contribution in [0.25, 0.3) is 16.9 Å². The Morgan fingerprint density at radius 3 is 2.66 bits per heavy atom. The van der Waals surface area contributed by atoms with Gasteiger partial charge in [-0.1, -0.05) is 0 Å². The van der Waals surface area contributed by atoms with Crippen molar-refractivity contribution >= 4 is 29.0 Å². The summed E-state index contributed by atoms with van der Waals surface area (Å²) in [5.41, 5.74) is 9.87. The van der Waals surface area contributed by atoms with E-state index in [1.165, 1.54) is 13.2 Å². The maximum absolute atomic E-state index is 14.4. The number of aromatic nitrogens is 3. The summed E-state index contributed by atoms with van der Waals surface area (Å²) in [6.45, 7) is 4.99. The lowest BCUT2D eigenvalue weighted by atomic mass is 9.94. The van der Waals surface area contributed by atoms with Crippen molar-refractivity contribution < 1.29 is 23.5 Å². The van der Waals surface area contributed by atoms with Crippen LogP contribution in [-0.2, 0) is 9.53 Å². The summed E-state index contributed by atoms with van der Waals surface area (Å²) in [5.74, 6) is 0.244. The second-order valence-corrected chi connectivity index (χ2v) is 11.2. The molecule has 2 aromatic carbocycles. The van der Waals surface area contributed by atoms with Crippen molar-refractivity contribution in [1.29, 1.82) is 0 Å². The van der Waals surface area contributed by atoms with Crippen molar-refractivity contribution in [3.05, 3.63) is 71.9 Å². The fraction of sp³-hybridized carbons (Fsp3) is 0.375. The minimum atomic E-state index is -0.454. The fourth-order valence-electron chi connectivity index (χ4n) is 5.98. The molecule has 4 heterocycles. The van der Waals surface area contributed by atoms with Gasteiger partial charge in [0, 0.05) is 67.8 Å². The molecular weight excluding hydrogens is 565 g/mol. The SMILES string of the molecule is COc1ccc(-c2cnc3c(Nc4ccc(C(=O)N5CCC(C(=O)N6CCOC(CN)C6)CC5)c(C)c4)nccn23)cc1F. The number of rotatable bonds is 7. The van der Waals surface area contributed by atoms with Crippen LogP contribution in [0.1, 0.15) is 28.8 Å². The Bertz CT molecular complexity index is 1680. The maximum Gasteiger partial charge on any atom is 0.254 e. The molecule has 11 nitrogen and oxygen atoms in total. The molecule has 2 saturated heterocycles. The normalized spacial score (nSPS) is 17.6. The Kier molecular flexibility index (Phi) is 8.45. The quantitative estimate of drug-likeness (QED) is 0.329. The van der Waals surface area contributed by atoms with E-state index >= 15 is 0 Å². The first-order chi connectivity index (χ1) is 21.4. The number of likely N-dealkylation sites (tertiary alicyclic amines) is 1. The lowest BCUT2D eigenvalue weighted by Gasteiger charge is -2.37. The molecule has 2 aromatic heterocycles. The van der Waals surface area contributed by atoms with Crippen molar-refractivity contribution in [1.82, 2.24) is 24.2 Å². The molecule has 6 rings (SSSR count). The number of nitrogens with one attached hydrogen (secondary N) is 1. The van der Waals surface area contributed by atoms with Gasteiger partial charge < -0.3 is 30.3 Å². The zero-order valence-corrected chi connectivity index (χ0v) is 24.8. The number of nitrogens with zero attached hydrogens (tertiary/aromatic N) is 5. The Morgan fingerprint density at radius 2 is 1.93 bits per heavy atom. The van der Waals surface area contributed by atoms with Gasteiger partial charge in [-0.3, -0.25) is 14.0 Å². The molecule has 44 heavy (non-hydrogen) atoms. The highest BCUT2D eigenvalue weighted by Gasteiger charge is 2.33. The minimum Gasteiger partial charge on any atom is -0.494 e. The second kappa shape index (κ2) is 12.6. The summed E-state index contributed by atoms with van der Waals surface area (Å²) in [7, 11) is 1.43. The van der Waals surface area contributed by atoms with E-state index in [0.29, 0.717) is 80.5 Å². The van der Waals surface area contributed by atoms with Gasteiger partial charge in [0.1, 0.15) is 0 Å². The van der Waals surface area contributed by atoms with E-state index in [2.05, 4.69) is 15.3 Å². The number of benzene rings is 2. The van der Waals surface area contributed by atoms with E-state index in [1.807, 2.05) is 39.3 Å². The van der Waals surface area contributed by atoms with E-state index < -0.39 is 5.82 Å². The van der Waals surface area contributed by atoms with Gasteiger partial charge in [-0.15, -0.1) is 0 Å². The molecule has 2 aliphatic rings. The third-order valence-corrected chi connectivity index (χ3v) is 8.44. The van der Waals surface area contributed by atoms with Crippen molar-refractivity contribution in [2.75, 3.05) is 51.8 Å². The largest absolute Gasteiger partial charge is 0.494 e. The van der Waals surface area contributed by atoms with Gasteiger partial charge in [0.05, 0.1) is 31.7 Å². The monoisotopic (exact) mass is 601 g/mol. The average molecular weight is 602 g/mol. The van der Waals surface area contributed by atoms with Gasteiger partial charge in [-0.05, 0) is 61.7 Å². The summed E-state index contributed by atoms with van der Waals surface area (Å²) in [6.07, 6.45) is 6.26. The van der Waals surface area contributed by atoms with Crippen LogP contribution in [0.2, 0.25) is 0 Å². The zero-order chi connectivity index (χ0) is 30.8. The highest BCUT2D eigenvalue weighted by molar-refractivity contribution is 5.96. The van der Waals surface area contributed by atoms with Crippen LogP contribution < -0.4 is 15.8 Å². The Balaban J connectivity index is 1.11. The molecule has 0 radical (unpaired) electrons. The van der Waals surface area contributed by atoms with Gasteiger partial charge in [-0.25, -0.2) is 14.4 Å². The summed E-state index contributed by atoms with van der Waals surface area (Å²) in [4.78, 5) is 39.2. The molecular formula is C32H36FN7O4. The Morgan fingerprint density at radius 1 is 1.11 bits per heavy atom. The number of nitrogens with two attached hydrogens (primary N) is 1. The molecule has 0 saturated carbocycles. The molecule has 3 N–H and O–H groups in total. The van der Waals surface area contributed by atoms with Crippen LogP contribution in [0.4, 0.5) is 15.9 Å². The van der Waals surface area contributed by atoms with Crippen molar-refractivity contribution in [2.24, 2.45) is 11.7 Å². The number of hydrogen-bond acceptors (Lipinski definition) is 8. The zero-order valence-electron chi connectivity index (χ0n) is 24.8. The number of ether oxygens (including phenoxy) is 2. The standard InChI is InChI=1S/C32H36FN7O4/c1-20-15-23(37-29-30-36-18-27(40(30)12-9-35-29)22-3-6-28(43-2)26(33)16-22)4-5-25(20)32(42)38-10-7-21(8-11-38)31(41)39-13-14-44-24(17-34)19-39/h3-6,9,12,15-16,18,21,24H,7-8,10-11,13-14,17,19,34H2,1-2H3,(H,35,37). The Hall–Kier alpha value is -4.55. The van der Waals surface area contributed by atoms with Crippen LogP contribution in [0.15, 0.2) is 55.0 Å². The van der Waals surface area contributed by atoms with Crippen molar-refractivity contribution in [3.63, 3.8) is 0 Å². The van der Waals surface area contributed by atoms with E-state index in [0.717, 1.165) is 11.3 Å². The number of fused-ring (bicyclic) bond motifs is 1. The number of carbonyl (C=O) groups is 2. The fourth-order valence-corrected chi connectivity index (χ4v) is 5.98. The number of hydrogen-bond donors (Lipinski definition) is 2. The minimum absolute atomic E-state index is 0.0423. The predicted molar refractivity (Wildman–Crippen MR) is 163 cm³/mol. The number of amides is 2. The van der Waals surface area contributed by atoms with Crippen LogP contribution in [0.3, 0.4) is 0 Å². The molecule has 0 spiro atoms. The molecule has 2 aliphatic heterocycles. The smallest absolute Gasteiger partial charge is 0.254 e. The molecule has 230 valence electrons. The third kappa shape index (κ3) is 5.82. The summed E-state index contributed by atoms with van der Waals surface area (Å²) < 4.78 is 26.8. The number of piperidine rings is 1. The van der Waals surface area contributed by atoms with Gasteiger partial charge in [0.25, 0.3) is 5.91 Å². The first-order valence-electron chi connectivity index (χ1n) is 14.8. The van der Waals surface area contributed by atoms with Gasteiger partial charge in [0.15, 0.2) is 23.0 Å². The van der Waals surface area contributed by atoms with Gasteiger partial charge in [-0.2, -0.15) is 0 Å². The molecule has 0 aliphatic carbocycles. The number of methoxy groups -OCH3 is 1. The van der Waals surface area contributed by atoms with Crippen LogP contribution in [-0.4, -0.2) is 88.5 Å². The van der Waals surface area contributed by atoms with Gasteiger partial charge >= 0.3 is 0 Å². The van der Waals surface area contributed by atoms with E-state index in [1.54, 1.807) is 30.7 Å². The highest BCUT2D eigenvalue weighted by Crippen LogP contribution is 2.29. The summed E-state index contributed by atoms with van der Waals surface area (Å²) >= 11 is 0. The first kappa shape index (κ1) is 29.5. The van der Waals surface area contributed by atoms with Gasteiger partial charge in [0.2, 0.25) is 5.91 Å². The average Bonchev–Trinajstić information content (AvgIpc) is 3.49. The van der Waals surface area contributed by atoms with E-state index in [9.17, 15) is 14.0 Å². The van der Waals surface area contributed by atoms with Crippen LogP contribution in [0, 0.1) is 18.7 Å². The molecule has 2 amide bonds. The topological polar surface area (TPSA) is 127 Å². The number of carbonyl (C=O) groups excluding carboxylic acids is 2. The molecule has 1 unspecified atom stereocenters. The second-order valence-electron chi connectivity index (χ2n) is 11.2. The number of imidazole rings is 1. The number of morpholine rings is 1. The maximum atomic E-state index is 14.4. The lowest BCUT2D eigenvalue weighted by Crippen LogP contribution is -2.51. The molecule has 0 bridgehead atoms. The molecule has 12 heteroatoms. The predicted octanol–water partition coefficient (Wildman–Crippen LogP) is 3.63. The number of halogens is 1. The van der Waals surface area contributed by atoms with Crippen molar-refractivity contribution in [2.45, 2.75) is 25.9 Å².